The van der Waals surface area contributed by atoms with Crippen LogP contribution in [0.25, 0.3) is 6.08 Å². The molecular formula is C13H14N4. The summed E-state index contributed by atoms with van der Waals surface area (Å²) >= 11 is 0. The molecule has 17 heavy (non-hydrogen) atoms. The van der Waals surface area contributed by atoms with E-state index in [1.54, 1.807) is 10.9 Å². The fraction of sp³-hybridized carbons (Fsp3) is 0.154. The molecule has 1 heterocycles. The first-order valence-corrected chi connectivity index (χ1v) is 5.42. The van der Waals surface area contributed by atoms with E-state index >= 15 is 0 Å². The predicted octanol–water partition coefficient (Wildman–Crippen LogP) is 2.44. The minimum absolute atomic E-state index is 0.784. The van der Waals surface area contributed by atoms with Crippen molar-refractivity contribution in [2.24, 2.45) is 5.10 Å². The molecule has 0 fully saturated rings. The average Bonchev–Trinajstić information content (AvgIpc) is 2.67. The van der Waals surface area contributed by atoms with Crippen molar-refractivity contribution in [2.45, 2.75) is 13.8 Å². The van der Waals surface area contributed by atoms with Crippen LogP contribution in [0.2, 0.25) is 0 Å². The Labute approximate surface area is 100 Å². The third kappa shape index (κ3) is 2.87. The molecular weight excluding hydrogens is 212 g/mol. The molecule has 0 radical (unpaired) electrons. The normalized spacial score (nSPS) is 11.6. The predicted molar refractivity (Wildman–Crippen MR) is 68.9 cm³/mol. The van der Waals surface area contributed by atoms with Crippen LogP contribution in [0.1, 0.15) is 17.2 Å². The van der Waals surface area contributed by atoms with Crippen molar-refractivity contribution in [3.63, 3.8) is 0 Å². The molecule has 0 aliphatic rings. The molecule has 0 aliphatic heterocycles. The average molecular weight is 226 g/mol. The number of aromatic nitrogens is 3. The van der Waals surface area contributed by atoms with E-state index in [9.17, 15) is 0 Å². The molecule has 1 aromatic carbocycles. The van der Waals surface area contributed by atoms with Crippen molar-refractivity contribution in [3.05, 3.63) is 53.6 Å². The number of rotatable bonds is 3. The topological polar surface area (TPSA) is 43.1 Å². The Balaban J connectivity index is 2.06. The zero-order valence-electron chi connectivity index (χ0n) is 9.91. The van der Waals surface area contributed by atoms with Gasteiger partial charge in [-0.15, -0.1) is 10.2 Å². The number of nitrogens with zero attached hydrogens (tertiary/aromatic N) is 4. The van der Waals surface area contributed by atoms with Gasteiger partial charge in [-0.1, -0.05) is 36.4 Å². The molecule has 4 nitrogen and oxygen atoms in total. The van der Waals surface area contributed by atoms with Crippen LogP contribution in [-0.4, -0.2) is 21.1 Å². The van der Waals surface area contributed by atoms with Crippen molar-refractivity contribution < 1.29 is 0 Å². The van der Waals surface area contributed by atoms with Crippen molar-refractivity contribution in [2.75, 3.05) is 0 Å². The monoisotopic (exact) mass is 226 g/mol. The first kappa shape index (κ1) is 11.3. The maximum absolute atomic E-state index is 4.26. The molecule has 0 saturated carbocycles. The van der Waals surface area contributed by atoms with Gasteiger partial charge >= 0.3 is 0 Å². The van der Waals surface area contributed by atoms with E-state index in [2.05, 4.69) is 15.3 Å². The van der Waals surface area contributed by atoms with Gasteiger partial charge in [0.15, 0.2) is 11.6 Å². The summed E-state index contributed by atoms with van der Waals surface area (Å²) in [5.41, 5.74) is 1.15. The highest BCUT2D eigenvalue weighted by molar-refractivity contribution is 5.78. The van der Waals surface area contributed by atoms with E-state index in [4.69, 9.17) is 0 Å². The van der Waals surface area contributed by atoms with Crippen molar-refractivity contribution in [1.29, 1.82) is 0 Å². The van der Waals surface area contributed by atoms with Crippen LogP contribution in [0.5, 0.6) is 0 Å². The Morgan fingerprint density at radius 1 is 1.06 bits per heavy atom. The summed E-state index contributed by atoms with van der Waals surface area (Å²) in [6, 6.07) is 10.1. The summed E-state index contributed by atoms with van der Waals surface area (Å²) in [5.74, 6) is 1.57. The number of hydrogen-bond acceptors (Lipinski definition) is 3. The van der Waals surface area contributed by atoms with Crippen molar-refractivity contribution in [1.82, 2.24) is 14.9 Å². The molecule has 0 N–H and O–H groups in total. The zero-order valence-corrected chi connectivity index (χ0v) is 9.91. The molecule has 2 aromatic rings. The van der Waals surface area contributed by atoms with Crippen molar-refractivity contribution >= 4 is 12.3 Å². The fourth-order valence-electron chi connectivity index (χ4n) is 1.45. The maximum atomic E-state index is 4.26. The summed E-state index contributed by atoms with van der Waals surface area (Å²) in [6.45, 7) is 3.75. The standard InChI is InChI=1S/C13H14N4/c1-11-15-16-12(2)17(11)14-10-6-9-13-7-4-3-5-8-13/h3-10H,1-2H3/b9-6+,14-10-. The lowest BCUT2D eigenvalue weighted by Gasteiger charge is -1.94. The molecule has 1 aromatic heterocycles. The van der Waals surface area contributed by atoms with Gasteiger partial charge in [0.25, 0.3) is 0 Å². The first-order valence-electron chi connectivity index (χ1n) is 5.42. The van der Waals surface area contributed by atoms with Crippen molar-refractivity contribution in [3.8, 4) is 0 Å². The van der Waals surface area contributed by atoms with E-state index in [-0.39, 0.29) is 0 Å². The van der Waals surface area contributed by atoms with Gasteiger partial charge < -0.3 is 0 Å². The smallest absolute Gasteiger partial charge is 0.151 e. The quantitative estimate of drug-likeness (QED) is 0.754. The summed E-state index contributed by atoms with van der Waals surface area (Å²) in [4.78, 5) is 0. The number of allylic oxidation sites excluding steroid dienone is 1. The second-order valence-electron chi connectivity index (χ2n) is 3.64. The van der Waals surface area contributed by atoms with Crippen LogP contribution in [0, 0.1) is 13.8 Å². The Kier molecular flexibility index (Phi) is 3.45. The van der Waals surface area contributed by atoms with Gasteiger partial charge in [0, 0.05) is 6.21 Å². The highest BCUT2D eigenvalue weighted by Crippen LogP contribution is 2.00. The SMILES string of the molecule is Cc1nnc(C)n1/N=C\C=C\c1ccccc1. The van der Waals surface area contributed by atoms with E-state index in [1.807, 2.05) is 56.3 Å². The van der Waals surface area contributed by atoms with Gasteiger partial charge in [-0.05, 0) is 25.5 Å². The molecule has 4 heteroatoms. The summed E-state index contributed by atoms with van der Waals surface area (Å²) in [5, 5.41) is 12.1. The summed E-state index contributed by atoms with van der Waals surface area (Å²) in [6.07, 6.45) is 5.63. The highest BCUT2D eigenvalue weighted by atomic mass is 15.4. The van der Waals surface area contributed by atoms with Gasteiger partial charge in [-0.3, -0.25) is 0 Å². The Hall–Kier alpha value is -2.23. The number of aryl methyl sites for hydroxylation is 2. The number of benzene rings is 1. The van der Waals surface area contributed by atoms with E-state index < -0.39 is 0 Å². The maximum Gasteiger partial charge on any atom is 0.151 e. The Morgan fingerprint density at radius 2 is 1.71 bits per heavy atom. The highest BCUT2D eigenvalue weighted by Gasteiger charge is 1.99. The second-order valence-corrected chi connectivity index (χ2v) is 3.64. The summed E-state index contributed by atoms with van der Waals surface area (Å²) in [7, 11) is 0. The van der Waals surface area contributed by atoms with E-state index in [1.165, 1.54) is 0 Å². The van der Waals surface area contributed by atoms with Crippen LogP contribution in [0.3, 0.4) is 0 Å². The van der Waals surface area contributed by atoms with E-state index in [0.717, 1.165) is 17.2 Å². The Morgan fingerprint density at radius 3 is 2.35 bits per heavy atom. The second kappa shape index (κ2) is 5.21. The van der Waals surface area contributed by atoms with Crippen LogP contribution in [-0.2, 0) is 0 Å². The van der Waals surface area contributed by atoms with Gasteiger partial charge in [0.05, 0.1) is 0 Å². The molecule has 0 saturated heterocycles. The molecule has 2 rings (SSSR count). The van der Waals surface area contributed by atoms with Crippen LogP contribution in [0.15, 0.2) is 41.5 Å². The zero-order chi connectivity index (χ0) is 12.1. The van der Waals surface area contributed by atoms with Gasteiger partial charge in [-0.25, -0.2) is 4.68 Å². The van der Waals surface area contributed by atoms with Crippen LogP contribution in [0.4, 0.5) is 0 Å². The third-order valence-electron chi connectivity index (χ3n) is 2.31. The lowest BCUT2D eigenvalue weighted by molar-refractivity contribution is 0.799. The molecule has 0 aliphatic carbocycles. The fourth-order valence-corrected chi connectivity index (χ4v) is 1.45. The van der Waals surface area contributed by atoms with Gasteiger partial charge in [0.1, 0.15) is 0 Å². The largest absolute Gasteiger partial charge is 0.202 e. The molecule has 0 amide bonds. The molecule has 0 bridgehead atoms. The van der Waals surface area contributed by atoms with E-state index in [0.29, 0.717) is 0 Å². The molecule has 0 unspecified atom stereocenters. The third-order valence-corrected chi connectivity index (χ3v) is 2.31. The first-order chi connectivity index (χ1) is 8.27. The molecule has 86 valence electrons. The van der Waals surface area contributed by atoms with Gasteiger partial charge in [0.2, 0.25) is 0 Å². The molecule has 0 atom stereocenters. The lowest BCUT2D eigenvalue weighted by atomic mass is 10.2. The minimum atomic E-state index is 0.784. The minimum Gasteiger partial charge on any atom is -0.202 e. The summed E-state index contributed by atoms with van der Waals surface area (Å²) < 4.78 is 1.70. The molecule has 0 spiro atoms. The van der Waals surface area contributed by atoms with Gasteiger partial charge in [-0.2, -0.15) is 5.10 Å². The lowest BCUT2D eigenvalue weighted by Crippen LogP contribution is -1.94. The number of hydrogen-bond donors (Lipinski definition) is 0. The Bertz CT molecular complexity index is 518. The van der Waals surface area contributed by atoms with Crippen LogP contribution >= 0.6 is 0 Å². The van der Waals surface area contributed by atoms with Crippen LogP contribution < -0.4 is 0 Å².